The molecule has 25 heavy (non-hydrogen) atoms. The fourth-order valence-corrected chi connectivity index (χ4v) is 3.46. The zero-order valence-corrected chi connectivity index (χ0v) is 14.5. The highest BCUT2D eigenvalue weighted by molar-refractivity contribution is 5.83. The zero-order chi connectivity index (χ0) is 17.5. The standard InChI is InChI=1S/C21H26N2O2/c22-16-21(12-6-7-13-21)20(24)23-14-18-10-4-5-11-19(18)25-15-17-8-2-1-3-9-17/h1-5,8-11H,6-7,12-16,22H2,(H,23,24). The first-order valence-electron chi connectivity index (χ1n) is 8.96. The molecule has 0 saturated heterocycles. The van der Waals surface area contributed by atoms with Gasteiger partial charge in [-0.15, -0.1) is 0 Å². The molecule has 1 fully saturated rings. The van der Waals surface area contributed by atoms with Crippen LogP contribution in [0.25, 0.3) is 0 Å². The number of nitrogens with two attached hydrogens (primary N) is 1. The number of amides is 1. The van der Waals surface area contributed by atoms with Crippen molar-refractivity contribution in [3.63, 3.8) is 0 Å². The molecule has 0 spiro atoms. The second-order valence-electron chi connectivity index (χ2n) is 6.76. The third-order valence-corrected chi connectivity index (χ3v) is 5.08. The summed E-state index contributed by atoms with van der Waals surface area (Å²) in [6.45, 7) is 1.40. The molecular formula is C21H26N2O2. The predicted molar refractivity (Wildman–Crippen MR) is 99.0 cm³/mol. The first-order chi connectivity index (χ1) is 12.2. The van der Waals surface area contributed by atoms with Crippen LogP contribution in [0.3, 0.4) is 0 Å². The second-order valence-corrected chi connectivity index (χ2v) is 6.76. The smallest absolute Gasteiger partial charge is 0.227 e. The molecule has 3 N–H and O–H groups in total. The largest absolute Gasteiger partial charge is 0.489 e. The molecular weight excluding hydrogens is 312 g/mol. The van der Waals surface area contributed by atoms with Crippen LogP contribution in [0, 0.1) is 5.41 Å². The molecule has 1 saturated carbocycles. The number of para-hydroxylation sites is 1. The Morgan fingerprint density at radius 3 is 2.44 bits per heavy atom. The van der Waals surface area contributed by atoms with E-state index in [1.807, 2.05) is 54.6 Å². The van der Waals surface area contributed by atoms with Crippen molar-refractivity contribution in [3.05, 3.63) is 65.7 Å². The van der Waals surface area contributed by atoms with Crippen molar-refractivity contribution in [2.45, 2.75) is 38.8 Å². The molecule has 1 aliphatic rings. The van der Waals surface area contributed by atoms with Crippen LogP contribution in [0.15, 0.2) is 54.6 Å². The number of benzene rings is 2. The highest BCUT2D eigenvalue weighted by atomic mass is 16.5. The van der Waals surface area contributed by atoms with Crippen LogP contribution in [0.2, 0.25) is 0 Å². The Morgan fingerprint density at radius 1 is 1.04 bits per heavy atom. The third kappa shape index (κ3) is 4.20. The molecule has 3 rings (SSSR count). The summed E-state index contributed by atoms with van der Waals surface area (Å²) < 4.78 is 5.96. The Bertz CT molecular complexity index is 694. The molecule has 1 amide bonds. The Balaban J connectivity index is 1.62. The van der Waals surface area contributed by atoms with Crippen LogP contribution in [0.5, 0.6) is 5.75 Å². The van der Waals surface area contributed by atoms with Gasteiger partial charge in [0.2, 0.25) is 5.91 Å². The number of hydrogen-bond donors (Lipinski definition) is 2. The van der Waals surface area contributed by atoms with Crippen LogP contribution < -0.4 is 15.8 Å². The zero-order valence-electron chi connectivity index (χ0n) is 14.5. The van der Waals surface area contributed by atoms with Gasteiger partial charge in [0.05, 0.1) is 5.41 Å². The van der Waals surface area contributed by atoms with Crippen LogP contribution in [-0.4, -0.2) is 12.5 Å². The molecule has 2 aromatic rings. The summed E-state index contributed by atoms with van der Waals surface area (Å²) in [4.78, 5) is 12.6. The van der Waals surface area contributed by atoms with Crippen LogP contribution in [0.4, 0.5) is 0 Å². The molecule has 0 aromatic heterocycles. The lowest BCUT2D eigenvalue weighted by Gasteiger charge is -2.26. The summed E-state index contributed by atoms with van der Waals surface area (Å²) in [6, 6.07) is 17.9. The topological polar surface area (TPSA) is 64.4 Å². The van der Waals surface area contributed by atoms with Crippen molar-refractivity contribution in [3.8, 4) is 5.75 Å². The molecule has 4 heteroatoms. The van der Waals surface area contributed by atoms with E-state index in [0.717, 1.165) is 42.6 Å². The van der Waals surface area contributed by atoms with E-state index in [9.17, 15) is 4.79 Å². The molecule has 2 aromatic carbocycles. The van der Waals surface area contributed by atoms with Crippen molar-refractivity contribution in [1.29, 1.82) is 0 Å². The predicted octanol–water partition coefficient (Wildman–Crippen LogP) is 3.40. The van der Waals surface area contributed by atoms with E-state index >= 15 is 0 Å². The second kappa shape index (κ2) is 8.17. The minimum absolute atomic E-state index is 0.0744. The summed E-state index contributed by atoms with van der Waals surface area (Å²) in [5, 5.41) is 3.07. The van der Waals surface area contributed by atoms with Crippen LogP contribution >= 0.6 is 0 Å². The van der Waals surface area contributed by atoms with Crippen molar-refractivity contribution < 1.29 is 9.53 Å². The summed E-state index contributed by atoms with van der Waals surface area (Å²) in [5.74, 6) is 0.880. The third-order valence-electron chi connectivity index (χ3n) is 5.08. The molecule has 0 bridgehead atoms. The fourth-order valence-electron chi connectivity index (χ4n) is 3.46. The monoisotopic (exact) mass is 338 g/mol. The molecule has 0 radical (unpaired) electrons. The van der Waals surface area contributed by atoms with Crippen molar-refractivity contribution in [2.75, 3.05) is 6.54 Å². The Hall–Kier alpha value is -2.33. The van der Waals surface area contributed by atoms with Crippen LogP contribution in [-0.2, 0) is 17.9 Å². The minimum Gasteiger partial charge on any atom is -0.489 e. The number of carbonyl (C=O) groups excluding carboxylic acids is 1. The van der Waals surface area contributed by atoms with E-state index in [0.29, 0.717) is 19.7 Å². The molecule has 0 aliphatic heterocycles. The summed E-state index contributed by atoms with van der Waals surface area (Å²) >= 11 is 0. The molecule has 1 aliphatic carbocycles. The molecule has 0 unspecified atom stereocenters. The van der Waals surface area contributed by atoms with E-state index in [4.69, 9.17) is 10.5 Å². The van der Waals surface area contributed by atoms with E-state index in [-0.39, 0.29) is 11.3 Å². The number of carbonyl (C=O) groups is 1. The molecule has 0 heterocycles. The fraction of sp³-hybridized carbons (Fsp3) is 0.381. The van der Waals surface area contributed by atoms with Gasteiger partial charge >= 0.3 is 0 Å². The number of hydrogen-bond acceptors (Lipinski definition) is 3. The van der Waals surface area contributed by atoms with Crippen molar-refractivity contribution >= 4 is 5.91 Å². The first-order valence-corrected chi connectivity index (χ1v) is 8.96. The van der Waals surface area contributed by atoms with Gasteiger partial charge in [-0.1, -0.05) is 61.4 Å². The summed E-state index contributed by atoms with van der Waals surface area (Å²) in [7, 11) is 0. The number of rotatable bonds is 7. The highest BCUT2D eigenvalue weighted by Crippen LogP contribution is 2.37. The van der Waals surface area contributed by atoms with E-state index in [1.54, 1.807) is 0 Å². The normalized spacial score (nSPS) is 15.7. The maximum absolute atomic E-state index is 12.6. The van der Waals surface area contributed by atoms with Gasteiger partial charge < -0.3 is 15.8 Å². The maximum Gasteiger partial charge on any atom is 0.227 e. The highest BCUT2D eigenvalue weighted by Gasteiger charge is 2.39. The van der Waals surface area contributed by atoms with Gasteiger partial charge in [0.15, 0.2) is 0 Å². The van der Waals surface area contributed by atoms with Gasteiger partial charge in [-0.2, -0.15) is 0 Å². The van der Waals surface area contributed by atoms with Gasteiger partial charge in [0, 0.05) is 18.7 Å². The van der Waals surface area contributed by atoms with E-state index in [1.165, 1.54) is 0 Å². The van der Waals surface area contributed by atoms with Crippen molar-refractivity contribution in [2.24, 2.45) is 11.1 Å². The molecule has 4 nitrogen and oxygen atoms in total. The van der Waals surface area contributed by atoms with Gasteiger partial charge in [0.25, 0.3) is 0 Å². The summed E-state index contributed by atoms with van der Waals surface area (Å²) in [6.07, 6.45) is 3.95. The van der Waals surface area contributed by atoms with Gasteiger partial charge in [-0.25, -0.2) is 0 Å². The van der Waals surface area contributed by atoms with E-state index in [2.05, 4.69) is 5.32 Å². The van der Waals surface area contributed by atoms with Crippen LogP contribution in [0.1, 0.15) is 36.8 Å². The maximum atomic E-state index is 12.6. The van der Waals surface area contributed by atoms with Gasteiger partial charge in [0.1, 0.15) is 12.4 Å². The lowest BCUT2D eigenvalue weighted by molar-refractivity contribution is -0.130. The molecule has 132 valence electrons. The van der Waals surface area contributed by atoms with Gasteiger partial charge in [-0.3, -0.25) is 4.79 Å². The Kier molecular flexibility index (Phi) is 5.71. The quantitative estimate of drug-likeness (QED) is 0.813. The number of ether oxygens (including phenoxy) is 1. The number of nitrogens with one attached hydrogen (secondary N) is 1. The molecule has 0 atom stereocenters. The minimum atomic E-state index is -0.375. The first kappa shape index (κ1) is 17.5. The lowest BCUT2D eigenvalue weighted by atomic mass is 9.85. The van der Waals surface area contributed by atoms with Crippen molar-refractivity contribution in [1.82, 2.24) is 5.32 Å². The average molecular weight is 338 g/mol. The van der Waals surface area contributed by atoms with Gasteiger partial charge in [-0.05, 0) is 24.5 Å². The average Bonchev–Trinajstić information content (AvgIpc) is 3.16. The lowest BCUT2D eigenvalue weighted by Crippen LogP contribution is -2.43. The Labute approximate surface area is 149 Å². The Morgan fingerprint density at radius 2 is 1.72 bits per heavy atom. The summed E-state index contributed by atoms with van der Waals surface area (Å²) in [5.41, 5.74) is 7.62. The SMILES string of the molecule is NCC1(C(=O)NCc2ccccc2OCc2ccccc2)CCCC1. The van der Waals surface area contributed by atoms with E-state index < -0.39 is 0 Å².